The summed E-state index contributed by atoms with van der Waals surface area (Å²) >= 11 is 0. The van der Waals surface area contributed by atoms with E-state index in [4.69, 9.17) is 0 Å². The van der Waals surface area contributed by atoms with Gasteiger partial charge in [-0.3, -0.25) is 0 Å². The monoisotopic (exact) mass is 697 g/mol. The summed E-state index contributed by atoms with van der Waals surface area (Å²) in [6, 6.07) is 72.4. The van der Waals surface area contributed by atoms with E-state index in [0.29, 0.717) is 0 Å². The van der Waals surface area contributed by atoms with Crippen molar-refractivity contribution in [3.05, 3.63) is 222 Å². The van der Waals surface area contributed by atoms with Gasteiger partial charge in [-0.15, -0.1) is 0 Å². The van der Waals surface area contributed by atoms with Gasteiger partial charge in [0.05, 0.1) is 11.0 Å². The van der Waals surface area contributed by atoms with Crippen molar-refractivity contribution in [1.82, 2.24) is 4.57 Å². The summed E-state index contributed by atoms with van der Waals surface area (Å²) < 4.78 is 2.42. The van der Waals surface area contributed by atoms with Gasteiger partial charge in [-0.1, -0.05) is 152 Å². The minimum absolute atomic E-state index is 0.172. The van der Waals surface area contributed by atoms with Crippen molar-refractivity contribution < 1.29 is 0 Å². The van der Waals surface area contributed by atoms with Crippen molar-refractivity contribution in [2.45, 2.75) is 12.3 Å². The third-order valence-corrected chi connectivity index (χ3v) is 12.3. The van der Waals surface area contributed by atoms with Crippen LogP contribution < -0.4 is 0 Å². The van der Waals surface area contributed by atoms with Crippen molar-refractivity contribution in [3.8, 4) is 50.2 Å². The van der Waals surface area contributed by atoms with E-state index >= 15 is 0 Å². The molecule has 1 nitrogen and oxygen atoms in total. The molecule has 2 aliphatic rings. The van der Waals surface area contributed by atoms with Crippen molar-refractivity contribution in [1.29, 1.82) is 0 Å². The standard InChI is InChI=1S/C54H35N/c1-2-12-34(13-3-1)36-17-10-18-41(29-36)55-52-23-9-8-21-44(52)50-31-38(25-27-53(50)55)37-24-26-46-48(30-37)49-33-47-40(28-39-15-5-7-20-43(39)47)32-51(49)54(46)45-22-11-16-35-14-4-6-19-42(35)45/h1-27,29-33,54H,28H2. The lowest BCUT2D eigenvalue weighted by atomic mass is 9.85. The molecule has 0 N–H and O–H groups in total. The number of para-hydroxylation sites is 1. The highest BCUT2D eigenvalue weighted by Gasteiger charge is 2.34. The van der Waals surface area contributed by atoms with Crippen LogP contribution in [0.25, 0.3) is 82.8 Å². The minimum Gasteiger partial charge on any atom is -0.309 e. The topological polar surface area (TPSA) is 4.93 Å². The molecule has 1 aromatic heterocycles. The number of aromatic nitrogens is 1. The molecule has 9 aromatic carbocycles. The van der Waals surface area contributed by atoms with Gasteiger partial charge in [0.1, 0.15) is 0 Å². The third-order valence-electron chi connectivity index (χ3n) is 12.3. The van der Waals surface area contributed by atoms with Crippen molar-refractivity contribution in [2.24, 2.45) is 0 Å². The average molecular weight is 698 g/mol. The largest absolute Gasteiger partial charge is 0.309 e. The summed E-state index contributed by atoms with van der Waals surface area (Å²) in [5.41, 5.74) is 21.1. The highest BCUT2D eigenvalue weighted by molar-refractivity contribution is 6.10. The van der Waals surface area contributed by atoms with Crippen molar-refractivity contribution >= 4 is 32.6 Å². The molecule has 1 unspecified atom stereocenters. The number of nitrogens with zero attached hydrogens (tertiary/aromatic N) is 1. The predicted molar refractivity (Wildman–Crippen MR) is 230 cm³/mol. The molecule has 0 amide bonds. The smallest absolute Gasteiger partial charge is 0.0541 e. The Morgan fingerprint density at radius 1 is 0.345 bits per heavy atom. The molecule has 55 heavy (non-hydrogen) atoms. The zero-order valence-electron chi connectivity index (χ0n) is 30.2. The Bertz CT molecular complexity index is 3170. The molecule has 0 spiro atoms. The van der Waals surface area contributed by atoms with E-state index in [1.165, 1.54) is 111 Å². The fourth-order valence-electron chi connectivity index (χ4n) is 9.79. The molecule has 0 aliphatic heterocycles. The van der Waals surface area contributed by atoms with Gasteiger partial charge in [-0.05, 0) is 132 Å². The molecule has 1 atom stereocenters. The summed E-state index contributed by atoms with van der Waals surface area (Å²) in [4.78, 5) is 0. The maximum Gasteiger partial charge on any atom is 0.0541 e. The van der Waals surface area contributed by atoms with Crippen LogP contribution in [0.2, 0.25) is 0 Å². The minimum atomic E-state index is 0.172. The van der Waals surface area contributed by atoms with Crippen LogP contribution in [0.3, 0.4) is 0 Å². The SMILES string of the molecule is c1ccc(-c2cccc(-n3c4ccccc4c4cc(-c5ccc6c(c5)-c5cc7c(cc5C6c5cccc6ccccc56)Cc5ccccc5-7)ccc43)c2)cc1. The Hall–Kier alpha value is -6.96. The zero-order valence-corrected chi connectivity index (χ0v) is 30.2. The van der Waals surface area contributed by atoms with Crippen LogP contribution in [0.1, 0.15) is 33.7 Å². The molecule has 0 bridgehead atoms. The first-order chi connectivity index (χ1) is 27.3. The Labute approximate surface area is 320 Å². The molecule has 0 radical (unpaired) electrons. The molecular formula is C54H35N. The molecule has 1 heteroatoms. The number of rotatable bonds is 4. The molecule has 12 rings (SSSR count). The van der Waals surface area contributed by atoms with Gasteiger partial charge in [-0.2, -0.15) is 0 Å². The second-order valence-corrected chi connectivity index (χ2v) is 15.2. The summed E-state index contributed by atoms with van der Waals surface area (Å²) in [5, 5.41) is 5.15. The number of hydrogen-bond donors (Lipinski definition) is 0. The summed E-state index contributed by atoms with van der Waals surface area (Å²) in [5.74, 6) is 0.172. The maximum atomic E-state index is 2.53. The normalized spacial score (nSPS) is 13.9. The van der Waals surface area contributed by atoms with E-state index in [9.17, 15) is 0 Å². The van der Waals surface area contributed by atoms with E-state index in [1.807, 2.05) is 0 Å². The lowest BCUT2D eigenvalue weighted by molar-refractivity contribution is 1.02. The van der Waals surface area contributed by atoms with Gasteiger partial charge in [0.15, 0.2) is 0 Å². The summed E-state index contributed by atoms with van der Waals surface area (Å²) in [7, 11) is 0. The first-order valence-corrected chi connectivity index (χ1v) is 19.3. The highest BCUT2D eigenvalue weighted by Crippen LogP contribution is 2.53. The molecule has 10 aromatic rings. The first-order valence-electron chi connectivity index (χ1n) is 19.3. The Kier molecular flexibility index (Phi) is 6.53. The number of hydrogen-bond acceptors (Lipinski definition) is 0. The van der Waals surface area contributed by atoms with E-state index in [1.54, 1.807) is 0 Å². The molecule has 1 heterocycles. The van der Waals surface area contributed by atoms with Crippen molar-refractivity contribution in [3.63, 3.8) is 0 Å². The van der Waals surface area contributed by atoms with E-state index in [2.05, 4.69) is 199 Å². The van der Waals surface area contributed by atoms with E-state index in [0.717, 1.165) is 6.42 Å². The Balaban J connectivity index is 1.04. The summed E-state index contributed by atoms with van der Waals surface area (Å²) in [6.45, 7) is 0. The number of benzene rings is 9. The average Bonchev–Trinajstić information content (AvgIpc) is 3.89. The molecule has 0 saturated carbocycles. The first kappa shape index (κ1) is 30.5. The van der Waals surface area contributed by atoms with Gasteiger partial charge >= 0.3 is 0 Å². The van der Waals surface area contributed by atoms with Crippen LogP contribution in [0.5, 0.6) is 0 Å². The predicted octanol–water partition coefficient (Wildman–Crippen LogP) is 14.0. The fourth-order valence-corrected chi connectivity index (χ4v) is 9.79. The Morgan fingerprint density at radius 2 is 1.04 bits per heavy atom. The van der Waals surface area contributed by atoms with Crippen LogP contribution in [0, 0.1) is 0 Å². The van der Waals surface area contributed by atoms with E-state index < -0.39 is 0 Å². The van der Waals surface area contributed by atoms with Gasteiger partial charge < -0.3 is 4.57 Å². The van der Waals surface area contributed by atoms with Crippen LogP contribution in [-0.2, 0) is 6.42 Å². The van der Waals surface area contributed by atoms with E-state index in [-0.39, 0.29) is 5.92 Å². The summed E-state index contributed by atoms with van der Waals surface area (Å²) in [6.07, 6.45) is 0.993. The Morgan fingerprint density at radius 3 is 1.98 bits per heavy atom. The lowest BCUT2D eigenvalue weighted by Gasteiger charge is -2.18. The second-order valence-electron chi connectivity index (χ2n) is 15.2. The van der Waals surface area contributed by atoms with Crippen LogP contribution in [0.4, 0.5) is 0 Å². The second kappa shape index (κ2) is 11.8. The molecular weight excluding hydrogens is 663 g/mol. The van der Waals surface area contributed by atoms with Gasteiger partial charge in [-0.25, -0.2) is 0 Å². The highest BCUT2D eigenvalue weighted by atomic mass is 15.0. The molecule has 0 saturated heterocycles. The van der Waals surface area contributed by atoms with Crippen molar-refractivity contribution in [2.75, 3.05) is 0 Å². The quantitative estimate of drug-likeness (QED) is 0.173. The number of fused-ring (bicyclic) bond motifs is 10. The fraction of sp³-hybridized carbons (Fsp3) is 0.0370. The molecule has 0 fully saturated rings. The lowest BCUT2D eigenvalue weighted by Crippen LogP contribution is -2.01. The van der Waals surface area contributed by atoms with Crippen LogP contribution >= 0.6 is 0 Å². The third kappa shape index (κ3) is 4.60. The zero-order chi connectivity index (χ0) is 36.0. The van der Waals surface area contributed by atoms with Crippen LogP contribution in [-0.4, -0.2) is 4.57 Å². The maximum absolute atomic E-state index is 2.53. The van der Waals surface area contributed by atoms with Gasteiger partial charge in [0.2, 0.25) is 0 Å². The molecule has 2 aliphatic carbocycles. The van der Waals surface area contributed by atoms with Gasteiger partial charge in [0, 0.05) is 22.4 Å². The molecule has 256 valence electrons. The van der Waals surface area contributed by atoms with Crippen LogP contribution in [0.15, 0.2) is 194 Å². The van der Waals surface area contributed by atoms with Gasteiger partial charge in [0.25, 0.3) is 0 Å².